The molecule has 0 amide bonds. The molecule has 0 aromatic carbocycles. The molecular formula is C25H40O5. The maximum absolute atomic E-state index is 13.4. The van der Waals surface area contributed by atoms with Crippen LogP contribution < -0.4 is 0 Å². The Balaban J connectivity index is 1.56. The van der Waals surface area contributed by atoms with Crippen LogP contribution in [0.15, 0.2) is 0 Å². The third-order valence-electron chi connectivity index (χ3n) is 10.3. The van der Waals surface area contributed by atoms with Crippen LogP contribution in [0.25, 0.3) is 0 Å². The lowest BCUT2D eigenvalue weighted by Gasteiger charge is -2.60. The number of ether oxygens (including phenoxy) is 1. The first kappa shape index (κ1) is 22.3. The minimum Gasteiger partial charge on any atom is -0.465 e. The molecule has 0 unspecified atom stereocenters. The number of fused-ring (bicyclic) bond motifs is 5. The number of aliphatic hydroxyl groups is 2. The molecular weight excluding hydrogens is 380 g/mol. The molecule has 4 saturated carbocycles. The molecule has 5 nitrogen and oxygen atoms in total. The first-order chi connectivity index (χ1) is 14.0. The predicted molar refractivity (Wildman–Crippen MR) is 113 cm³/mol. The van der Waals surface area contributed by atoms with Gasteiger partial charge in [0.2, 0.25) is 0 Å². The van der Waals surface area contributed by atoms with E-state index in [0.717, 1.165) is 32.1 Å². The SMILES string of the molecule is COC(=O)C(O)(O)C[C@@H](C)[C@H]1CC[C@H]2[C@@H]3C(=O)C[C@@H]4CCCC[C@]4(C)[C@H]3CC[C@]12C. The molecule has 0 aromatic heterocycles. The number of ketones is 1. The number of Topliss-reactive ketones (excluding diaryl/α,β-unsaturated/α-hetero) is 1. The molecule has 4 rings (SSSR count). The molecule has 4 fully saturated rings. The minimum absolute atomic E-state index is 0.0194. The van der Waals surface area contributed by atoms with E-state index in [1.807, 2.05) is 6.92 Å². The molecule has 0 radical (unpaired) electrons. The highest BCUT2D eigenvalue weighted by Gasteiger charge is 2.62. The zero-order valence-corrected chi connectivity index (χ0v) is 19.2. The first-order valence-corrected chi connectivity index (χ1v) is 12.1. The van der Waals surface area contributed by atoms with Crippen molar-refractivity contribution in [3.05, 3.63) is 0 Å². The average Bonchev–Trinajstić information content (AvgIpc) is 3.04. The highest BCUT2D eigenvalue weighted by molar-refractivity contribution is 5.83. The Morgan fingerprint density at radius 3 is 2.50 bits per heavy atom. The van der Waals surface area contributed by atoms with E-state index < -0.39 is 11.8 Å². The van der Waals surface area contributed by atoms with Gasteiger partial charge in [0, 0.05) is 18.8 Å². The summed E-state index contributed by atoms with van der Waals surface area (Å²) >= 11 is 0. The summed E-state index contributed by atoms with van der Waals surface area (Å²) in [5.41, 5.74) is 0.346. The Morgan fingerprint density at radius 1 is 1.10 bits per heavy atom. The highest BCUT2D eigenvalue weighted by atomic mass is 16.6. The van der Waals surface area contributed by atoms with E-state index in [1.54, 1.807) is 0 Å². The van der Waals surface area contributed by atoms with Crippen LogP contribution in [-0.2, 0) is 14.3 Å². The molecule has 0 saturated heterocycles. The zero-order chi connectivity index (χ0) is 21.9. The Hall–Kier alpha value is -0.940. The van der Waals surface area contributed by atoms with Crippen molar-refractivity contribution in [2.75, 3.05) is 7.11 Å². The smallest absolute Gasteiger partial charge is 0.366 e. The number of hydrogen-bond acceptors (Lipinski definition) is 5. The quantitative estimate of drug-likeness (QED) is 0.528. The molecule has 5 heteroatoms. The van der Waals surface area contributed by atoms with Crippen LogP contribution in [0.1, 0.15) is 85.0 Å². The van der Waals surface area contributed by atoms with Crippen molar-refractivity contribution < 1.29 is 24.5 Å². The lowest BCUT2D eigenvalue weighted by atomic mass is 9.44. The van der Waals surface area contributed by atoms with E-state index in [9.17, 15) is 19.8 Å². The summed E-state index contributed by atoms with van der Waals surface area (Å²) < 4.78 is 4.57. The van der Waals surface area contributed by atoms with Gasteiger partial charge in [-0.25, -0.2) is 4.79 Å². The van der Waals surface area contributed by atoms with Crippen LogP contribution in [0.4, 0.5) is 0 Å². The van der Waals surface area contributed by atoms with Gasteiger partial charge in [-0.3, -0.25) is 4.79 Å². The summed E-state index contributed by atoms with van der Waals surface area (Å²) in [6.45, 7) is 6.83. The summed E-state index contributed by atoms with van der Waals surface area (Å²) in [5.74, 6) is -1.01. The van der Waals surface area contributed by atoms with Crippen molar-refractivity contribution >= 4 is 11.8 Å². The maximum atomic E-state index is 13.4. The third-order valence-corrected chi connectivity index (χ3v) is 10.3. The average molecular weight is 421 g/mol. The van der Waals surface area contributed by atoms with Gasteiger partial charge in [0.1, 0.15) is 5.78 Å². The number of carbonyl (C=O) groups excluding carboxylic acids is 2. The monoisotopic (exact) mass is 420 g/mol. The summed E-state index contributed by atoms with van der Waals surface area (Å²) in [5, 5.41) is 20.4. The van der Waals surface area contributed by atoms with Gasteiger partial charge < -0.3 is 14.9 Å². The van der Waals surface area contributed by atoms with Crippen LogP contribution in [0.3, 0.4) is 0 Å². The lowest BCUT2D eigenvalue weighted by molar-refractivity contribution is -0.214. The van der Waals surface area contributed by atoms with Crippen molar-refractivity contribution in [1.29, 1.82) is 0 Å². The predicted octanol–water partition coefficient (Wildman–Crippen LogP) is 4.09. The highest BCUT2D eigenvalue weighted by Crippen LogP contribution is 2.67. The first-order valence-electron chi connectivity index (χ1n) is 12.1. The van der Waals surface area contributed by atoms with E-state index in [1.165, 1.54) is 32.8 Å². The number of rotatable bonds is 4. The van der Waals surface area contributed by atoms with Gasteiger partial charge in [-0.2, -0.15) is 0 Å². The van der Waals surface area contributed by atoms with E-state index in [2.05, 4.69) is 18.6 Å². The number of esters is 1. The van der Waals surface area contributed by atoms with Crippen LogP contribution in [0.5, 0.6) is 0 Å². The molecule has 0 aromatic rings. The fourth-order valence-electron chi connectivity index (χ4n) is 8.77. The molecule has 8 atom stereocenters. The molecule has 4 aliphatic carbocycles. The number of carbonyl (C=O) groups is 2. The largest absolute Gasteiger partial charge is 0.465 e. The normalized spacial score (nSPS) is 44.6. The van der Waals surface area contributed by atoms with Gasteiger partial charge in [0.05, 0.1) is 7.11 Å². The summed E-state index contributed by atoms with van der Waals surface area (Å²) in [6, 6.07) is 0. The van der Waals surface area contributed by atoms with Crippen molar-refractivity contribution in [2.45, 2.75) is 90.8 Å². The molecule has 0 bridgehead atoms. The van der Waals surface area contributed by atoms with E-state index in [0.29, 0.717) is 29.0 Å². The molecule has 4 aliphatic rings. The standard InChI is InChI=1S/C25H40O5/c1-15(14-25(28,29)22(27)30-4)17-8-9-18-21-19(10-12-24(17,18)3)23(2)11-6-5-7-16(23)13-20(21)26/h15-19,21,28-29H,5-14H2,1-4H3/t15-,16+,17-,18+,19+,21+,23+,24-/m1/s1. The van der Waals surface area contributed by atoms with Crippen molar-refractivity contribution in [3.8, 4) is 0 Å². The molecule has 0 aliphatic heterocycles. The summed E-state index contributed by atoms with van der Waals surface area (Å²) in [6.07, 6.45) is 10.1. The third kappa shape index (κ3) is 3.26. The fourth-order valence-corrected chi connectivity index (χ4v) is 8.77. The van der Waals surface area contributed by atoms with Gasteiger partial charge in [0.15, 0.2) is 0 Å². The maximum Gasteiger partial charge on any atom is 0.366 e. The van der Waals surface area contributed by atoms with Crippen LogP contribution in [0.2, 0.25) is 0 Å². The molecule has 0 heterocycles. The van der Waals surface area contributed by atoms with Gasteiger partial charge >= 0.3 is 5.97 Å². The Kier molecular flexibility index (Phi) is 5.63. The number of methoxy groups -OCH3 is 1. The van der Waals surface area contributed by atoms with E-state index in [4.69, 9.17) is 0 Å². The Morgan fingerprint density at radius 2 is 1.80 bits per heavy atom. The van der Waals surface area contributed by atoms with Crippen molar-refractivity contribution in [2.24, 2.45) is 46.3 Å². The Bertz CT molecular complexity index is 702. The zero-order valence-electron chi connectivity index (χ0n) is 19.2. The van der Waals surface area contributed by atoms with Crippen molar-refractivity contribution in [3.63, 3.8) is 0 Å². The topological polar surface area (TPSA) is 83.8 Å². The second kappa shape index (κ2) is 7.58. The second-order valence-electron chi connectivity index (χ2n) is 11.6. The fraction of sp³-hybridized carbons (Fsp3) is 0.920. The van der Waals surface area contributed by atoms with Crippen molar-refractivity contribution in [1.82, 2.24) is 0 Å². The summed E-state index contributed by atoms with van der Waals surface area (Å²) in [4.78, 5) is 25.2. The molecule has 30 heavy (non-hydrogen) atoms. The Labute approximate surface area is 180 Å². The van der Waals surface area contributed by atoms with Gasteiger partial charge in [-0.1, -0.05) is 33.6 Å². The minimum atomic E-state index is -2.44. The van der Waals surface area contributed by atoms with Gasteiger partial charge in [-0.15, -0.1) is 0 Å². The number of hydrogen-bond donors (Lipinski definition) is 2. The van der Waals surface area contributed by atoms with Gasteiger partial charge in [0.25, 0.3) is 5.79 Å². The van der Waals surface area contributed by atoms with E-state index >= 15 is 0 Å². The lowest BCUT2D eigenvalue weighted by Crippen LogP contribution is -2.56. The second-order valence-corrected chi connectivity index (χ2v) is 11.6. The van der Waals surface area contributed by atoms with Gasteiger partial charge in [-0.05, 0) is 78.9 Å². The molecule has 170 valence electrons. The summed E-state index contributed by atoms with van der Waals surface area (Å²) in [7, 11) is 1.18. The van der Waals surface area contributed by atoms with Crippen LogP contribution >= 0.6 is 0 Å². The molecule has 0 spiro atoms. The molecule has 2 N–H and O–H groups in total. The van der Waals surface area contributed by atoms with E-state index in [-0.39, 0.29) is 29.6 Å². The van der Waals surface area contributed by atoms with Crippen LogP contribution in [-0.4, -0.2) is 34.9 Å². The van der Waals surface area contributed by atoms with Crippen LogP contribution in [0, 0.1) is 46.3 Å².